The molecule has 0 heterocycles. The fourth-order valence-electron chi connectivity index (χ4n) is 0.503. The minimum Gasteiger partial charge on any atom is -0.391 e. The van der Waals surface area contributed by atoms with Crippen LogP contribution in [0.1, 0.15) is 62.3 Å². The van der Waals surface area contributed by atoms with Crippen molar-refractivity contribution in [3.8, 4) is 0 Å². The second kappa shape index (κ2) is 14.6. The van der Waals surface area contributed by atoms with Gasteiger partial charge in [-0.1, -0.05) is 0 Å². The van der Waals surface area contributed by atoms with Crippen LogP contribution in [0.5, 0.6) is 0 Å². The molecule has 23 heavy (non-hydrogen) atoms. The van der Waals surface area contributed by atoms with Crippen LogP contribution in [0, 0.1) is 0 Å². The SMILES string of the molecule is CC(C)(C)O.CC(C)(C)O.CC(C)(C)O.F[SiH2][c-]1cccc1.[Zr]. The molecule has 0 aliphatic carbocycles. The van der Waals surface area contributed by atoms with E-state index in [0.29, 0.717) is 0 Å². The van der Waals surface area contributed by atoms with Gasteiger partial charge in [0.2, 0.25) is 0 Å². The van der Waals surface area contributed by atoms with E-state index in [1.165, 1.54) is 0 Å². The maximum Gasteiger partial charge on any atom is 0.189 e. The van der Waals surface area contributed by atoms with Crippen molar-refractivity contribution in [2.24, 2.45) is 0 Å². The maximum atomic E-state index is 11.7. The maximum absolute atomic E-state index is 11.7. The summed E-state index contributed by atoms with van der Waals surface area (Å²) < 4.78 is 11.7. The van der Waals surface area contributed by atoms with Gasteiger partial charge in [0, 0.05) is 26.2 Å². The second-order valence-electron chi connectivity index (χ2n) is 7.94. The zero-order chi connectivity index (χ0) is 18.6. The van der Waals surface area contributed by atoms with Crippen LogP contribution in [0.4, 0.5) is 4.11 Å². The summed E-state index contributed by atoms with van der Waals surface area (Å²) in [5.74, 6) is 0. The van der Waals surface area contributed by atoms with E-state index in [2.05, 4.69) is 0 Å². The molecule has 6 heteroatoms. The molecule has 3 N–H and O–H groups in total. The third-order valence-electron chi connectivity index (χ3n) is 0.886. The van der Waals surface area contributed by atoms with E-state index in [1.807, 2.05) is 24.3 Å². The molecule has 0 spiro atoms. The number of hydrogen-bond donors (Lipinski definition) is 3. The van der Waals surface area contributed by atoms with Crippen molar-refractivity contribution in [2.45, 2.75) is 79.1 Å². The van der Waals surface area contributed by atoms with Crippen molar-refractivity contribution in [3.05, 3.63) is 24.3 Å². The standard InChI is InChI=1S/C5H6FSi.3C4H10O.Zr/c6-7-5-3-1-2-4-5;3*1-4(2,3)5;/h1-4H,7H2;3*5H,1-3H3;/q-1;;;;. The molecule has 0 aromatic heterocycles. The van der Waals surface area contributed by atoms with Gasteiger partial charge >= 0.3 is 0 Å². The van der Waals surface area contributed by atoms with E-state index >= 15 is 0 Å². The van der Waals surface area contributed by atoms with Crippen LogP contribution in [0.3, 0.4) is 0 Å². The Morgan fingerprint density at radius 1 is 0.696 bits per heavy atom. The van der Waals surface area contributed by atoms with Crippen molar-refractivity contribution in [1.29, 1.82) is 0 Å². The summed E-state index contributed by atoms with van der Waals surface area (Å²) in [5, 5.41) is 26.5. The zero-order valence-corrected chi connectivity index (χ0v) is 20.1. The van der Waals surface area contributed by atoms with Crippen LogP contribution in [-0.2, 0) is 26.2 Å². The average Bonchev–Trinajstić information content (AvgIpc) is 2.60. The molecule has 1 aromatic rings. The number of rotatable bonds is 1. The molecule has 0 saturated carbocycles. The van der Waals surface area contributed by atoms with Crippen LogP contribution in [0.2, 0.25) is 0 Å². The largest absolute Gasteiger partial charge is 0.391 e. The summed E-state index contributed by atoms with van der Waals surface area (Å²) in [5.41, 5.74) is -1.50. The quantitative estimate of drug-likeness (QED) is 0.367. The van der Waals surface area contributed by atoms with Crippen molar-refractivity contribution in [1.82, 2.24) is 0 Å². The Balaban J connectivity index is -0.000000105. The van der Waals surface area contributed by atoms with Crippen LogP contribution in [0.25, 0.3) is 0 Å². The third-order valence-corrected chi connectivity index (χ3v) is 1.67. The average molecular weight is 427 g/mol. The van der Waals surface area contributed by atoms with Gasteiger partial charge in [-0.25, -0.2) is 12.1 Å². The van der Waals surface area contributed by atoms with Crippen LogP contribution < -0.4 is 5.19 Å². The van der Waals surface area contributed by atoms with Gasteiger partial charge in [0.1, 0.15) is 0 Å². The molecule has 0 fully saturated rings. The van der Waals surface area contributed by atoms with Crippen molar-refractivity contribution >= 4 is 15.0 Å². The number of aliphatic hydroxyl groups is 3. The van der Waals surface area contributed by atoms with Gasteiger partial charge in [-0.3, -0.25) is 0 Å². The second-order valence-corrected chi connectivity index (χ2v) is 9.02. The van der Waals surface area contributed by atoms with E-state index in [-0.39, 0.29) is 26.2 Å². The predicted octanol–water partition coefficient (Wildman–Crippen LogP) is 2.41. The molecule has 0 saturated heterocycles. The Bertz CT molecular complexity index is 290. The van der Waals surface area contributed by atoms with Crippen molar-refractivity contribution < 1.29 is 45.6 Å². The summed E-state index contributed by atoms with van der Waals surface area (Å²) in [6, 6.07) is 7.38. The molecule has 0 amide bonds. The molecule has 1 rings (SSSR count). The third kappa shape index (κ3) is 107. The van der Waals surface area contributed by atoms with Gasteiger partial charge in [0.25, 0.3) is 0 Å². The van der Waals surface area contributed by atoms with Crippen LogP contribution >= 0.6 is 0 Å². The zero-order valence-electron chi connectivity index (χ0n) is 16.2. The smallest absolute Gasteiger partial charge is 0.189 e. The van der Waals surface area contributed by atoms with Gasteiger partial charge < -0.3 is 19.4 Å². The van der Waals surface area contributed by atoms with Gasteiger partial charge in [-0.15, -0.1) is 5.19 Å². The number of halogens is 1. The topological polar surface area (TPSA) is 60.7 Å². The molecule has 0 unspecified atom stereocenters. The molecule has 0 radical (unpaired) electrons. The van der Waals surface area contributed by atoms with E-state index in [1.54, 1.807) is 62.3 Å². The first kappa shape index (κ1) is 31.1. The van der Waals surface area contributed by atoms with E-state index < -0.39 is 26.7 Å². The Morgan fingerprint density at radius 3 is 0.957 bits per heavy atom. The van der Waals surface area contributed by atoms with Gasteiger partial charge in [0.05, 0.1) is 16.8 Å². The Labute approximate surface area is 163 Å². The van der Waals surface area contributed by atoms with E-state index in [9.17, 15) is 4.11 Å². The molecule has 1 aromatic carbocycles. The molecule has 138 valence electrons. The van der Waals surface area contributed by atoms with Gasteiger partial charge in [0.15, 0.2) is 9.85 Å². The molecule has 0 bridgehead atoms. The van der Waals surface area contributed by atoms with Crippen molar-refractivity contribution in [2.75, 3.05) is 0 Å². The van der Waals surface area contributed by atoms with E-state index in [4.69, 9.17) is 15.3 Å². The first-order valence-electron chi connectivity index (χ1n) is 7.37. The molecular formula is C17H36FO3SiZr-. The molecule has 0 aliphatic rings. The summed E-state index contributed by atoms with van der Waals surface area (Å²) >= 11 is 0. The van der Waals surface area contributed by atoms with Gasteiger partial charge in [-0.2, -0.15) is 12.1 Å². The Morgan fingerprint density at radius 2 is 0.870 bits per heavy atom. The minimum absolute atomic E-state index is 0. The summed E-state index contributed by atoms with van der Waals surface area (Å²) in [6.07, 6.45) is 0. The summed E-state index contributed by atoms with van der Waals surface area (Å²) in [7, 11) is -1.37. The van der Waals surface area contributed by atoms with E-state index in [0.717, 1.165) is 5.19 Å². The molecule has 0 atom stereocenters. The Hall–Kier alpha value is 0.260. The summed E-state index contributed by atoms with van der Waals surface area (Å²) in [4.78, 5) is 0. The number of hydrogen-bond acceptors (Lipinski definition) is 3. The van der Waals surface area contributed by atoms with Crippen molar-refractivity contribution in [3.63, 3.8) is 0 Å². The summed E-state index contributed by atoms with van der Waals surface area (Å²) in [6.45, 7) is 15.7. The molecular weight excluding hydrogens is 390 g/mol. The first-order chi connectivity index (χ1) is 9.43. The predicted molar refractivity (Wildman–Crippen MR) is 97.2 cm³/mol. The minimum atomic E-state index is -1.37. The van der Waals surface area contributed by atoms with Gasteiger partial charge in [-0.05, 0) is 62.3 Å². The molecule has 0 aliphatic heterocycles. The monoisotopic (exact) mass is 425 g/mol. The Kier molecular flexibility index (Phi) is 19.7. The van der Waals surface area contributed by atoms with Crippen LogP contribution in [0.15, 0.2) is 24.3 Å². The first-order valence-corrected chi connectivity index (χ1v) is 8.61. The fraction of sp³-hybridized carbons (Fsp3) is 0.706. The normalized spacial score (nSPS) is 11.2. The fourth-order valence-corrected chi connectivity index (χ4v) is 0.953. The molecule has 3 nitrogen and oxygen atoms in total. The van der Waals surface area contributed by atoms with Crippen LogP contribution in [-0.4, -0.2) is 42.0 Å².